The second-order valence-electron chi connectivity index (χ2n) is 6.45. The van der Waals surface area contributed by atoms with Crippen molar-refractivity contribution in [2.45, 2.75) is 19.3 Å². The fourth-order valence-electron chi connectivity index (χ4n) is 4.01. The SMILES string of the molecule is CCCN1CC=C2C(C#N)=C(N)C(C#N)(C#N)[C@@H](c3cccs3)[C@@H]2C1. The van der Waals surface area contributed by atoms with E-state index in [0.717, 1.165) is 36.5 Å². The van der Waals surface area contributed by atoms with Crippen LogP contribution in [0.2, 0.25) is 0 Å². The van der Waals surface area contributed by atoms with Gasteiger partial charge in [0.05, 0.1) is 23.4 Å². The Labute approximate surface area is 151 Å². The van der Waals surface area contributed by atoms with Gasteiger partial charge in [0.2, 0.25) is 0 Å². The van der Waals surface area contributed by atoms with Gasteiger partial charge in [0, 0.05) is 29.8 Å². The van der Waals surface area contributed by atoms with Crippen LogP contribution in [-0.2, 0) is 0 Å². The van der Waals surface area contributed by atoms with Crippen LogP contribution in [0.4, 0.5) is 0 Å². The first-order chi connectivity index (χ1) is 12.1. The summed E-state index contributed by atoms with van der Waals surface area (Å²) in [5.74, 6) is -0.439. The number of thiophene rings is 1. The Morgan fingerprint density at radius 1 is 1.36 bits per heavy atom. The van der Waals surface area contributed by atoms with Crippen LogP contribution in [0.1, 0.15) is 24.1 Å². The molecule has 5 nitrogen and oxygen atoms in total. The minimum absolute atomic E-state index is 0.0831. The van der Waals surface area contributed by atoms with Crippen molar-refractivity contribution in [1.29, 1.82) is 15.8 Å². The average molecular weight is 349 g/mol. The number of nitrogens with zero attached hydrogens (tertiary/aromatic N) is 4. The molecule has 6 heteroatoms. The lowest BCUT2D eigenvalue weighted by atomic mass is 9.59. The Hall–Kier alpha value is -2.59. The molecule has 2 atom stereocenters. The molecule has 0 amide bonds. The first-order valence-electron chi connectivity index (χ1n) is 8.31. The summed E-state index contributed by atoms with van der Waals surface area (Å²) in [7, 11) is 0. The molecule has 126 valence electrons. The highest BCUT2D eigenvalue weighted by Gasteiger charge is 2.54. The van der Waals surface area contributed by atoms with Crippen LogP contribution in [0.15, 0.2) is 40.4 Å². The van der Waals surface area contributed by atoms with Crippen LogP contribution < -0.4 is 5.73 Å². The lowest BCUT2D eigenvalue weighted by molar-refractivity contribution is 0.209. The lowest BCUT2D eigenvalue weighted by Crippen LogP contribution is -2.47. The predicted molar refractivity (Wildman–Crippen MR) is 95.8 cm³/mol. The fourth-order valence-corrected chi connectivity index (χ4v) is 4.97. The molecule has 1 aliphatic carbocycles. The molecular formula is C19H19N5S. The van der Waals surface area contributed by atoms with E-state index in [-0.39, 0.29) is 17.5 Å². The van der Waals surface area contributed by atoms with Crippen molar-refractivity contribution in [3.63, 3.8) is 0 Å². The minimum Gasteiger partial charge on any atom is -0.399 e. The van der Waals surface area contributed by atoms with E-state index in [1.165, 1.54) is 11.3 Å². The molecule has 0 radical (unpaired) electrons. The Balaban J connectivity index is 2.24. The second kappa shape index (κ2) is 6.73. The van der Waals surface area contributed by atoms with Crippen molar-refractivity contribution < 1.29 is 0 Å². The predicted octanol–water partition coefficient (Wildman–Crippen LogP) is 2.88. The Kier molecular flexibility index (Phi) is 4.64. The number of fused-ring (bicyclic) bond motifs is 1. The van der Waals surface area contributed by atoms with Crippen molar-refractivity contribution in [2.75, 3.05) is 19.6 Å². The van der Waals surface area contributed by atoms with Crippen molar-refractivity contribution in [2.24, 2.45) is 17.1 Å². The molecule has 1 aromatic rings. The molecule has 0 fully saturated rings. The third-order valence-electron chi connectivity index (χ3n) is 5.13. The molecule has 25 heavy (non-hydrogen) atoms. The average Bonchev–Trinajstić information content (AvgIpc) is 3.15. The van der Waals surface area contributed by atoms with Gasteiger partial charge in [-0.3, -0.25) is 4.90 Å². The quantitative estimate of drug-likeness (QED) is 0.904. The number of allylic oxidation sites excluding steroid dienone is 2. The monoisotopic (exact) mass is 349 g/mol. The van der Waals surface area contributed by atoms with Crippen LogP contribution in [0.3, 0.4) is 0 Å². The molecular weight excluding hydrogens is 330 g/mol. The molecule has 0 unspecified atom stereocenters. The standard InChI is InChI=1S/C19H19N5S/c1-2-6-24-7-5-13-14(9-20)18(23)19(11-21,12-22)17(15(13)10-24)16-4-3-8-25-16/h3-5,8,15,17H,2,6-7,10,23H2,1H3/t15-,17-/m1/s1. The van der Waals surface area contributed by atoms with E-state index >= 15 is 0 Å². The summed E-state index contributed by atoms with van der Waals surface area (Å²) in [6, 6.07) is 10.4. The number of hydrogen-bond acceptors (Lipinski definition) is 6. The van der Waals surface area contributed by atoms with Crippen molar-refractivity contribution >= 4 is 11.3 Å². The highest BCUT2D eigenvalue weighted by Crippen LogP contribution is 2.54. The summed E-state index contributed by atoms with van der Waals surface area (Å²) in [4.78, 5) is 3.28. The van der Waals surface area contributed by atoms with Gasteiger partial charge in [-0.25, -0.2) is 0 Å². The van der Waals surface area contributed by atoms with Crippen LogP contribution in [0.25, 0.3) is 0 Å². The zero-order chi connectivity index (χ0) is 18.0. The first kappa shape index (κ1) is 17.2. The molecule has 3 rings (SSSR count). The molecule has 0 saturated heterocycles. The third-order valence-corrected chi connectivity index (χ3v) is 6.08. The van der Waals surface area contributed by atoms with Crippen LogP contribution in [0, 0.1) is 45.3 Å². The van der Waals surface area contributed by atoms with Crippen LogP contribution in [-0.4, -0.2) is 24.5 Å². The van der Waals surface area contributed by atoms with Gasteiger partial charge in [0.15, 0.2) is 5.41 Å². The summed E-state index contributed by atoms with van der Waals surface area (Å²) < 4.78 is 0. The maximum Gasteiger partial charge on any atom is 0.192 e. The zero-order valence-electron chi connectivity index (χ0n) is 14.1. The maximum absolute atomic E-state index is 9.93. The molecule has 1 aromatic heterocycles. The van der Waals surface area contributed by atoms with Crippen molar-refractivity contribution in [1.82, 2.24) is 4.90 Å². The summed E-state index contributed by atoms with van der Waals surface area (Å²) in [5, 5.41) is 31.5. The number of nitrogens with two attached hydrogens (primary N) is 1. The Bertz CT molecular complexity index is 830. The summed E-state index contributed by atoms with van der Waals surface area (Å²) >= 11 is 1.53. The van der Waals surface area contributed by atoms with Gasteiger partial charge >= 0.3 is 0 Å². The van der Waals surface area contributed by atoms with Gasteiger partial charge in [0.25, 0.3) is 0 Å². The van der Waals surface area contributed by atoms with E-state index in [1.54, 1.807) is 0 Å². The lowest BCUT2D eigenvalue weighted by Gasteiger charge is -2.45. The fraction of sp³-hybridized carbons (Fsp3) is 0.421. The van der Waals surface area contributed by atoms with E-state index in [2.05, 4.69) is 36.1 Å². The highest BCUT2D eigenvalue weighted by molar-refractivity contribution is 7.10. The molecule has 0 aromatic carbocycles. The van der Waals surface area contributed by atoms with Crippen LogP contribution in [0.5, 0.6) is 0 Å². The third kappa shape index (κ3) is 2.53. The topological polar surface area (TPSA) is 101 Å². The van der Waals surface area contributed by atoms with Crippen molar-refractivity contribution in [3.8, 4) is 18.2 Å². The second-order valence-corrected chi connectivity index (χ2v) is 7.43. The summed E-state index contributed by atoms with van der Waals surface area (Å²) in [6.45, 7) is 4.57. The summed E-state index contributed by atoms with van der Waals surface area (Å²) in [6.07, 6.45) is 3.08. The molecule has 0 saturated carbocycles. The van der Waals surface area contributed by atoms with Gasteiger partial charge in [-0.2, -0.15) is 15.8 Å². The maximum atomic E-state index is 9.93. The van der Waals surface area contributed by atoms with E-state index < -0.39 is 5.41 Å². The highest BCUT2D eigenvalue weighted by atomic mass is 32.1. The van der Waals surface area contributed by atoms with E-state index in [4.69, 9.17) is 5.73 Å². The molecule has 1 aliphatic heterocycles. The number of rotatable bonds is 3. The van der Waals surface area contributed by atoms with Crippen molar-refractivity contribution in [3.05, 3.63) is 45.3 Å². The zero-order valence-corrected chi connectivity index (χ0v) is 14.9. The first-order valence-corrected chi connectivity index (χ1v) is 9.19. The van der Waals surface area contributed by atoms with Gasteiger partial charge < -0.3 is 5.73 Å². The largest absolute Gasteiger partial charge is 0.399 e. The van der Waals surface area contributed by atoms with Gasteiger partial charge in [-0.15, -0.1) is 11.3 Å². The molecule has 0 bridgehead atoms. The molecule has 2 N–H and O–H groups in total. The Morgan fingerprint density at radius 3 is 2.68 bits per heavy atom. The number of nitriles is 3. The van der Waals surface area contributed by atoms with Crippen LogP contribution >= 0.6 is 11.3 Å². The minimum atomic E-state index is -1.51. The Morgan fingerprint density at radius 2 is 2.12 bits per heavy atom. The molecule has 2 aliphatic rings. The molecule has 2 heterocycles. The normalized spacial score (nSPS) is 25.3. The van der Waals surface area contributed by atoms with E-state index in [0.29, 0.717) is 5.57 Å². The van der Waals surface area contributed by atoms with Gasteiger partial charge in [0.1, 0.15) is 6.07 Å². The van der Waals surface area contributed by atoms with E-state index in [9.17, 15) is 15.8 Å². The van der Waals surface area contributed by atoms with E-state index in [1.807, 2.05) is 17.5 Å². The summed E-state index contributed by atoms with van der Waals surface area (Å²) in [5.41, 5.74) is 6.06. The smallest absolute Gasteiger partial charge is 0.192 e. The van der Waals surface area contributed by atoms with Gasteiger partial charge in [-0.1, -0.05) is 19.1 Å². The number of hydrogen-bond donors (Lipinski definition) is 1. The van der Waals surface area contributed by atoms with Gasteiger partial charge in [-0.05, 0) is 30.0 Å². The molecule has 0 spiro atoms.